The Balaban J connectivity index is 1.93. The molecule has 1 nitrogen and oxygen atoms in total. The van der Waals surface area contributed by atoms with Gasteiger partial charge in [0.25, 0.3) is 0 Å². The Bertz CT molecular complexity index is 963. The van der Waals surface area contributed by atoms with E-state index in [0.717, 1.165) is 5.69 Å². The summed E-state index contributed by atoms with van der Waals surface area (Å²) in [6.45, 7) is 0. The van der Waals surface area contributed by atoms with Crippen LogP contribution in [0.4, 0.5) is 5.69 Å². The van der Waals surface area contributed by atoms with Gasteiger partial charge >= 0.3 is 0 Å². The molecular formula is C21H14IN. The van der Waals surface area contributed by atoms with Crippen LogP contribution in [0.5, 0.6) is 0 Å². The second-order valence-electron chi connectivity index (χ2n) is 5.47. The lowest BCUT2D eigenvalue weighted by Crippen LogP contribution is -1.88. The third kappa shape index (κ3) is 2.86. The van der Waals surface area contributed by atoms with Crippen molar-refractivity contribution in [3.8, 4) is 0 Å². The lowest BCUT2D eigenvalue weighted by Gasteiger charge is -2.07. The highest BCUT2D eigenvalue weighted by atomic mass is 127. The molecule has 0 aromatic heterocycles. The predicted molar refractivity (Wildman–Crippen MR) is 108 cm³/mol. The maximum Gasteiger partial charge on any atom is 0.0630 e. The Hall–Kier alpha value is -2.20. The summed E-state index contributed by atoms with van der Waals surface area (Å²) in [4.78, 5) is 4.69. The van der Waals surface area contributed by atoms with Gasteiger partial charge in [-0.15, -0.1) is 0 Å². The van der Waals surface area contributed by atoms with Gasteiger partial charge in [0, 0.05) is 15.3 Å². The van der Waals surface area contributed by atoms with Crippen molar-refractivity contribution in [2.75, 3.05) is 0 Å². The van der Waals surface area contributed by atoms with E-state index in [9.17, 15) is 0 Å². The number of rotatable bonds is 2. The van der Waals surface area contributed by atoms with E-state index in [1.807, 2.05) is 18.3 Å². The fraction of sp³-hybridized carbons (Fsp3) is 0. The molecule has 0 saturated carbocycles. The zero-order valence-corrected chi connectivity index (χ0v) is 14.6. The van der Waals surface area contributed by atoms with Gasteiger partial charge in [0.05, 0.1) is 5.69 Å². The number of hydrogen-bond donors (Lipinski definition) is 0. The van der Waals surface area contributed by atoms with Crippen LogP contribution < -0.4 is 0 Å². The molecule has 0 amide bonds. The predicted octanol–water partition coefficient (Wildman–Crippen LogP) is 6.35. The molecule has 0 heterocycles. The van der Waals surface area contributed by atoms with Crippen LogP contribution in [0.1, 0.15) is 5.56 Å². The quantitative estimate of drug-likeness (QED) is 0.209. The van der Waals surface area contributed by atoms with Gasteiger partial charge in [0.1, 0.15) is 0 Å². The van der Waals surface area contributed by atoms with Crippen LogP contribution in [0.2, 0.25) is 0 Å². The summed E-state index contributed by atoms with van der Waals surface area (Å²) in [6.07, 6.45) is 1.99. The van der Waals surface area contributed by atoms with Gasteiger partial charge in [0.15, 0.2) is 0 Å². The average Bonchev–Trinajstić information content (AvgIpc) is 2.60. The van der Waals surface area contributed by atoms with Crippen molar-refractivity contribution in [1.82, 2.24) is 0 Å². The van der Waals surface area contributed by atoms with E-state index in [1.54, 1.807) is 0 Å². The lowest BCUT2D eigenvalue weighted by molar-refractivity contribution is 1.52. The molecule has 0 spiro atoms. The summed E-state index contributed by atoms with van der Waals surface area (Å²) in [5, 5.41) is 4.96. The molecule has 2 heteroatoms. The Kier molecular flexibility index (Phi) is 3.83. The van der Waals surface area contributed by atoms with E-state index in [1.165, 1.54) is 30.7 Å². The van der Waals surface area contributed by atoms with Gasteiger partial charge in [-0.25, -0.2) is 0 Å². The largest absolute Gasteiger partial charge is 0.256 e. The molecule has 23 heavy (non-hydrogen) atoms. The van der Waals surface area contributed by atoms with Crippen molar-refractivity contribution in [1.29, 1.82) is 0 Å². The third-order valence-electron chi connectivity index (χ3n) is 3.98. The van der Waals surface area contributed by atoms with Crippen molar-refractivity contribution in [3.05, 3.63) is 88.0 Å². The van der Waals surface area contributed by atoms with E-state index in [-0.39, 0.29) is 0 Å². The first-order valence-corrected chi connectivity index (χ1v) is 8.59. The smallest absolute Gasteiger partial charge is 0.0630 e. The Morgan fingerprint density at radius 1 is 0.696 bits per heavy atom. The topological polar surface area (TPSA) is 12.4 Å². The summed E-state index contributed by atoms with van der Waals surface area (Å²) in [7, 11) is 0. The minimum absolute atomic E-state index is 0.974. The molecule has 110 valence electrons. The van der Waals surface area contributed by atoms with Gasteiger partial charge in [-0.1, -0.05) is 48.5 Å². The highest BCUT2D eigenvalue weighted by Crippen LogP contribution is 2.27. The van der Waals surface area contributed by atoms with Crippen molar-refractivity contribution < 1.29 is 0 Å². The zero-order valence-electron chi connectivity index (χ0n) is 12.4. The standard InChI is InChI=1S/C21H14IN/c22-17-9-11-18(12-10-17)23-14-21-19-7-3-1-5-15(19)13-16-6-2-4-8-20(16)21/h1-14H. The molecule has 0 aliphatic rings. The summed E-state index contributed by atoms with van der Waals surface area (Å²) < 4.78 is 1.22. The number of nitrogens with zero attached hydrogens (tertiary/aromatic N) is 1. The minimum atomic E-state index is 0.974. The maximum absolute atomic E-state index is 4.69. The molecule has 0 unspecified atom stereocenters. The molecule has 0 aliphatic carbocycles. The van der Waals surface area contributed by atoms with E-state index in [0.29, 0.717) is 0 Å². The second kappa shape index (κ2) is 6.13. The van der Waals surface area contributed by atoms with Gasteiger partial charge in [-0.3, -0.25) is 4.99 Å². The fourth-order valence-electron chi connectivity index (χ4n) is 2.85. The van der Waals surface area contributed by atoms with E-state index in [2.05, 4.69) is 94.3 Å². The van der Waals surface area contributed by atoms with Crippen molar-refractivity contribution in [2.24, 2.45) is 4.99 Å². The molecule has 4 aromatic carbocycles. The highest BCUT2D eigenvalue weighted by molar-refractivity contribution is 14.1. The van der Waals surface area contributed by atoms with E-state index in [4.69, 9.17) is 0 Å². The van der Waals surface area contributed by atoms with Gasteiger partial charge < -0.3 is 0 Å². The SMILES string of the molecule is Ic1ccc(N=Cc2c3ccccc3cc3ccccc23)cc1. The first kappa shape index (κ1) is 14.4. The number of aliphatic imine (C=N–C) groups is 1. The first-order chi connectivity index (χ1) is 11.3. The van der Waals surface area contributed by atoms with Gasteiger partial charge in [-0.2, -0.15) is 0 Å². The third-order valence-corrected chi connectivity index (χ3v) is 4.70. The summed E-state index contributed by atoms with van der Waals surface area (Å²) in [5.41, 5.74) is 2.15. The van der Waals surface area contributed by atoms with E-state index >= 15 is 0 Å². The van der Waals surface area contributed by atoms with Gasteiger partial charge in [0.2, 0.25) is 0 Å². The summed E-state index contributed by atoms with van der Waals surface area (Å²) in [5.74, 6) is 0. The van der Waals surface area contributed by atoms with Crippen LogP contribution in [0.25, 0.3) is 21.5 Å². The number of halogens is 1. The van der Waals surface area contributed by atoms with Crippen LogP contribution in [0.3, 0.4) is 0 Å². The Morgan fingerprint density at radius 2 is 1.26 bits per heavy atom. The van der Waals surface area contributed by atoms with Gasteiger partial charge in [-0.05, 0) is 74.5 Å². The number of hydrogen-bond acceptors (Lipinski definition) is 1. The molecule has 4 aromatic rings. The molecule has 0 aliphatic heterocycles. The highest BCUT2D eigenvalue weighted by Gasteiger charge is 2.05. The van der Waals surface area contributed by atoms with Crippen molar-refractivity contribution in [3.63, 3.8) is 0 Å². The molecule has 0 N–H and O–H groups in total. The maximum atomic E-state index is 4.69. The minimum Gasteiger partial charge on any atom is -0.256 e. The van der Waals surface area contributed by atoms with Crippen LogP contribution in [0.15, 0.2) is 83.9 Å². The summed E-state index contributed by atoms with van der Waals surface area (Å²) >= 11 is 2.31. The number of fused-ring (bicyclic) bond motifs is 2. The Labute approximate surface area is 148 Å². The monoisotopic (exact) mass is 407 g/mol. The fourth-order valence-corrected chi connectivity index (χ4v) is 3.21. The van der Waals surface area contributed by atoms with Crippen LogP contribution in [0, 0.1) is 3.57 Å². The molecule has 0 radical (unpaired) electrons. The molecule has 0 fully saturated rings. The molecule has 0 saturated heterocycles. The molecule has 0 atom stereocenters. The average molecular weight is 407 g/mol. The lowest BCUT2D eigenvalue weighted by atomic mass is 9.97. The number of benzene rings is 4. The molecule has 4 rings (SSSR count). The van der Waals surface area contributed by atoms with Crippen LogP contribution in [-0.4, -0.2) is 6.21 Å². The van der Waals surface area contributed by atoms with Crippen LogP contribution >= 0.6 is 22.6 Å². The second-order valence-corrected chi connectivity index (χ2v) is 6.71. The van der Waals surface area contributed by atoms with E-state index < -0.39 is 0 Å². The molecule has 0 bridgehead atoms. The normalized spacial score (nSPS) is 11.5. The first-order valence-electron chi connectivity index (χ1n) is 7.51. The van der Waals surface area contributed by atoms with Crippen LogP contribution in [-0.2, 0) is 0 Å². The molecular weight excluding hydrogens is 393 g/mol. The zero-order chi connectivity index (χ0) is 15.6. The van der Waals surface area contributed by atoms with Crippen molar-refractivity contribution >= 4 is 56.0 Å². The summed E-state index contributed by atoms with van der Waals surface area (Å²) in [6, 6.07) is 27.5. The Morgan fingerprint density at radius 3 is 1.87 bits per heavy atom. The van der Waals surface area contributed by atoms with Crippen molar-refractivity contribution in [2.45, 2.75) is 0 Å².